The van der Waals surface area contributed by atoms with Crippen LogP contribution in [-0.2, 0) is 19.1 Å². The smallest absolute Gasteiger partial charge is 0.342 e. The molecule has 0 aliphatic carbocycles. The molecule has 5 heteroatoms. The number of rotatable bonds is 2. The van der Waals surface area contributed by atoms with E-state index >= 15 is 0 Å². The molecule has 5 nitrogen and oxygen atoms in total. The zero-order valence-corrected chi connectivity index (χ0v) is 5.79. The number of hydrogen-bond donors (Lipinski definition) is 1. The van der Waals surface area contributed by atoms with Crippen LogP contribution in [0.4, 0.5) is 0 Å². The van der Waals surface area contributed by atoms with Crippen molar-refractivity contribution in [3.05, 3.63) is 0 Å². The van der Waals surface area contributed by atoms with Crippen molar-refractivity contribution in [2.45, 2.75) is 13.3 Å². The van der Waals surface area contributed by atoms with Gasteiger partial charge < -0.3 is 9.84 Å². The number of carboxylic acid groups (broad SMARTS) is 1. The molecule has 0 spiro atoms. The van der Waals surface area contributed by atoms with E-state index in [1.165, 1.54) is 6.92 Å². The molecule has 1 aliphatic heterocycles. The van der Waals surface area contributed by atoms with E-state index in [9.17, 15) is 14.4 Å². The second-order valence-corrected chi connectivity index (χ2v) is 2.24. The fourth-order valence-corrected chi connectivity index (χ4v) is 0.910. The highest BCUT2D eigenvalue weighted by atomic mass is 16.6. The molecule has 0 atom stereocenters. The van der Waals surface area contributed by atoms with Crippen molar-refractivity contribution in [2.75, 3.05) is 0 Å². The summed E-state index contributed by atoms with van der Waals surface area (Å²) in [4.78, 5) is 31.7. The number of esters is 2. The zero-order valence-electron chi connectivity index (χ0n) is 5.79. The van der Waals surface area contributed by atoms with Gasteiger partial charge in [0.05, 0.1) is 0 Å². The van der Waals surface area contributed by atoms with Gasteiger partial charge in [0, 0.05) is 0 Å². The lowest BCUT2D eigenvalue weighted by Gasteiger charge is -2.30. The predicted octanol–water partition coefficient (Wildman–Crippen LogP) is -0.449. The van der Waals surface area contributed by atoms with Gasteiger partial charge >= 0.3 is 17.9 Å². The van der Waals surface area contributed by atoms with Crippen molar-refractivity contribution >= 4 is 17.9 Å². The first-order valence-corrected chi connectivity index (χ1v) is 3.05. The molecule has 0 aromatic rings. The van der Waals surface area contributed by atoms with E-state index in [0.29, 0.717) is 0 Å². The van der Waals surface area contributed by atoms with Crippen LogP contribution < -0.4 is 0 Å². The maximum atomic E-state index is 10.6. The highest BCUT2D eigenvalue weighted by Crippen LogP contribution is 2.34. The van der Waals surface area contributed by atoms with Crippen molar-refractivity contribution < 1.29 is 24.2 Å². The lowest BCUT2D eigenvalue weighted by molar-refractivity contribution is -0.202. The highest BCUT2D eigenvalue weighted by Gasteiger charge is 2.64. The monoisotopic (exact) mass is 158 g/mol. The molecule has 0 radical (unpaired) electrons. The molecule has 1 N–H and O–H groups in total. The Morgan fingerprint density at radius 1 is 1.55 bits per heavy atom. The molecule has 60 valence electrons. The maximum Gasteiger partial charge on any atom is 0.342 e. The molecule has 0 bridgehead atoms. The molecule has 0 aromatic heterocycles. The number of cyclic esters (lactones) is 2. The first kappa shape index (κ1) is 7.71. The molecule has 0 amide bonds. The van der Waals surface area contributed by atoms with Crippen LogP contribution >= 0.6 is 0 Å². The second-order valence-electron chi connectivity index (χ2n) is 2.24. The highest BCUT2D eigenvalue weighted by molar-refractivity contribution is 6.27. The SMILES string of the molecule is CCC1(C(=O)O)C(=O)OC1=O. The van der Waals surface area contributed by atoms with E-state index < -0.39 is 23.3 Å². The van der Waals surface area contributed by atoms with E-state index in [1.807, 2.05) is 0 Å². The lowest BCUT2D eigenvalue weighted by Crippen LogP contribution is -2.57. The third-order valence-electron chi connectivity index (χ3n) is 1.78. The van der Waals surface area contributed by atoms with Crippen LogP contribution in [0.2, 0.25) is 0 Å². The molecule has 0 saturated carbocycles. The predicted molar refractivity (Wildman–Crippen MR) is 31.5 cm³/mol. The van der Waals surface area contributed by atoms with Gasteiger partial charge in [-0.2, -0.15) is 0 Å². The molecule has 1 rings (SSSR count). The van der Waals surface area contributed by atoms with Crippen LogP contribution in [0.1, 0.15) is 13.3 Å². The minimum Gasteiger partial charge on any atom is -0.480 e. The van der Waals surface area contributed by atoms with Crippen molar-refractivity contribution in [1.29, 1.82) is 0 Å². The third-order valence-corrected chi connectivity index (χ3v) is 1.78. The Balaban J connectivity index is 3.01. The van der Waals surface area contributed by atoms with Crippen molar-refractivity contribution in [1.82, 2.24) is 0 Å². The Labute approximate surface area is 62.0 Å². The molecule has 1 heterocycles. The number of carbonyl (C=O) groups excluding carboxylic acids is 2. The minimum atomic E-state index is -1.90. The van der Waals surface area contributed by atoms with Gasteiger partial charge in [0.1, 0.15) is 0 Å². The van der Waals surface area contributed by atoms with E-state index in [4.69, 9.17) is 5.11 Å². The molecule has 11 heavy (non-hydrogen) atoms. The first-order valence-electron chi connectivity index (χ1n) is 3.05. The van der Waals surface area contributed by atoms with Gasteiger partial charge in [-0.05, 0) is 6.42 Å². The maximum absolute atomic E-state index is 10.6. The summed E-state index contributed by atoms with van der Waals surface area (Å²) in [5, 5.41) is 8.50. The Morgan fingerprint density at radius 2 is 2.00 bits per heavy atom. The summed E-state index contributed by atoms with van der Waals surface area (Å²) in [6.07, 6.45) is -0.0556. The normalized spacial score (nSPS) is 20.5. The van der Waals surface area contributed by atoms with E-state index in [0.717, 1.165) is 0 Å². The number of carboxylic acids is 1. The van der Waals surface area contributed by atoms with Crippen LogP contribution in [0.25, 0.3) is 0 Å². The summed E-state index contributed by atoms with van der Waals surface area (Å²) < 4.78 is 3.95. The second kappa shape index (κ2) is 2.05. The van der Waals surface area contributed by atoms with Gasteiger partial charge in [-0.1, -0.05) is 6.92 Å². The Hall–Kier alpha value is -1.39. The van der Waals surface area contributed by atoms with Gasteiger partial charge in [-0.15, -0.1) is 0 Å². The van der Waals surface area contributed by atoms with Crippen LogP contribution in [0.15, 0.2) is 0 Å². The molecular weight excluding hydrogens is 152 g/mol. The molecule has 1 fully saturated rings. The third kappa shape index (κ3) is 0.675. The standard InChI is InChI=1S/C6H6O5/c1-2-6(3(7)8)4(9)11-5(6)10/h2H2,1H3,(H,7,8). The lowest BCUT2D eigenvalue weighted by atomic mass is 9.81. The Kier molecular flexibility index (Phi) is 1.44. The summed E-state index contributed by atoms with van der Waals surface area (Å²) in [7, 11) is 0. The molecule has 0 unspecified atom stereocenters. The van der Waals surface area contributed by atoms with Gasteiger partial charge in [0.25, 0.3) is 5.41 Å². The molecule has 1 saturated heterocycles. The largest absolute Gasteiger partial charge is 0.480 e. The van der Waals surface area contributed by atoms with Gasteiger partial charge in [0.15, 0.2) is 0 Å². The summed E-state index contributed by atoms with van der Waals surface area (Å²) >= 11 is 0. The average Bonchev–Trinajstić information content (AvgIpc) is 1.88. The van der Waals surface area contributed by atoms with Crippen LogP contribution in [0, 0.1) is 5.41 Å². The average molecular weight is 158 g/mol. The van der Waals surface area contributed by atoms with Crippen molar-refractivity contribution in [2.24, 2.45) is 5.41 Å². The Bertz CT molecular complexity index is 214. The summed E-state index contributed by atoms with van der Waals surface area (Å²) in [6, 6.07) is 0. The molecular formula is C6H6O5. The van der Waals surface area contributed by atoms with Gasteiger partial charge in [0.2, 0.25) is 0 Å². The van der Waals surface area contributed by atoms with Crippen molar-refractivity contribution in [3.8, 4) is 0 Å². The Morgan fingerprint density at radius 3 is 2.09 bits per heavy atom. The summed E-state index contributed by atoms with van der Waals surface area (Å²) in [5.41, 5.74) is -1.90. The van der Waals surface area contributed by atoms with E-state index in [-0.39, 0.29) is 6.42 Å². The van der Waals surface area contributed by atoms with Gasteiger partial charge in [-0.3, -0.25) is 4.79 Å². The van der Waals surface area contributed by atoms with Crippen LogP contribution in [-0.4, -0.2) is 23.0 Å². The number of ether oxygens (including phenoxy) is 1. The number of aliphatic carboxylic acids is 1. The van der Waals surface area contributed by atoms with Crippen LogP contribution in [0.5, 0.6) is 0 Å². The van der Waals surface area contributed by atoms with E-state index in [1.54, 1.807) is 0 Å². The minimum absolute atomic E-state index is 0.0556. The molecule has 1 aliphatic rings. The molecule has 0 aromatic carbocycles. The number of carbonyl (C=O) groups is 3. The quantitative estimate of drug-likeness (QED) is 0.435. The fraction of sp³-hybridized carbons (Fsp3) is 0.500. The zero-order chi connectivity index (χ0) is 8.65. The fourth-order valence-electron chi connectivity index (χ4n) is 0.910. The van der Waals surface area contributed by atoms with E-state index in [2.05, 4.69) is 4.74 Å². The van der Waals surface area contributed by atoms with Gasteiger partial charge in [-0.25, -0.2) is 9.59 Å². The first-order chi connectivity index (χ1) is 5.05. The topological polar surface area (TPSA) is 80.7 Å². The van der Waals surface area contributed by atoms with Crippen LogP contribution in [0.3, 0.4) is 0 Å². The summed E-state index contributed by atoms with van der Waals surface area (Å²) in [5.74, 6) is -3.35. The summed E-state index contributed by atoms with van der Waals surface area (Å²) in [6.45, 7) is 1.45. The van der Waals surface area contributed by atoms with Crippen molar-refractivity contribution in [3.63, 3.8) is 0 Å². The number of hydrogen-bond acceptors (Lipinski definition) is 4.